The predicted octanol–water partition coefficient (Wildman–Crippen LogP) is 5.37. The van der Waals surface area contributed by atoms with E-state index in [9.17, 15) is 27.2 Å². The fourth-order valence-corrected chi connectivity index (χ4v) is 6.29. The highest BCUT2D eigenvalue weighted by atomic mass is 19.3. The van der Waals surface area contributed by atoms with Crippen LogP contribution in [0.1, 0.15) is 94.6 Å². The van der Waals surface area contributed by atoms with E-state index in [1.54, 1.807) is 16.8 Å². The summed E-state index contributed by atoms with van der Waals surface area (Å²) < 4.78 is 55.9. The van der Waals surface area contributed by atoms with Crippen LogP contribution in [0.4, 0.5) is 17.6 Å². The molecule has 0 saturated heterocycles. The second kappa shape index (κ2) is 9.73. The summed E-state index contributed by atoms with van der Waals surface area (Å²) in [5.41, 5.74) is 1.24. The van der Waals surface area contributed by atoms with Gasteiger partial charge in [0.1, 0.15) is 0 Å². The zero-order valence-electron chi connectivity index (χ0n) is 22.0. The van der Waals surface area contributed by atoms with Crippen molar-refractivity contribution < 1.29 is 27.2 Å². The Morgan fingerprint density at radius 2 is 1.59 bits per heavy atom. The van der Waals surface area contributed by atoms with E-state index in [1.165, 1.54) is 0 Å². The molecule has 39 heavy (non-hydrogen) atoms. The normalized spacial score (nSPS) is 27.9. The first-order valence-electron chi connectivity index (χ1n) is 14.2. The van der Waals surface area contributed by atoms with Gasteiger partial charge in [-0.3, -0.25) is 14.0 Å². The maximum Gasteiger partial charge on any atom is 0.248 e. The van der Waals surface area contributed by atoms with Gasteiger partial charge in [0.25, 0.3) is 0 Å². The number of amides is 2. The van der Waals surface area contributed by atoms with E-state index in [-0.39, 0.29) is 73.6 Å². The molecule has 4 fully saturated rings. The van der Waals surface area contributed by atoms with Gasteiger partial charge >= 0.3 is 0 Å². The Kier molecular flexibility index (Phi) is 6.61. The summed E-state index contributed by atoms with van der Waals surface area (Å²) in [7, 11) is 0. The number of aromatic nitrogens is 3. The lowest BCUT2D eigenvalue weighted by Gasteiger charge is -2.34. The highest BCUT2D eigenvalue weighted by Gasteiger charge is 2.46. The van der Waals surface area contributed by atoms with Crippen LogP contribution in [0.2, 0.25) is 0 Å². The lowest BCUT2D eigenvalue weighted by molar-refractivity contribution is -0.134. The van der Waals surface area contributed by atoms with Gasteiger partial charge in [0.2, 0.25) is 29.4 Å². The van der Waals surface area contributed by atoms with E-state index < -0.39 is 17.9 Å². The Bertz CT molecular complexity index is 1240. The molecule has 7 nitrogen and oxygen atoms in total. The Balaban J connectivity index is 1.20. The van der Waals surface area contributed by atoms with Crippen molar-refractivity contribution in [2.24, 2.45) is 29.6 Å². The summed E-state index contributed by atoms with van der Waals surface area (Å²) in [6, 6.07) is 1.02. The summed E-state index contributed by atoms with van der Waals surface area (Å²) in [4.78, 5) is 34.9. The monoisotopic (exact) mass is 549 g/mol. The van der Waals surface area contributed by atoms with Gasteiger partial charge in [-0.05, 0) is 61.8 Å². The van der Waals surface area contributed by atoms with Crippen LogP contribution in [0.15, 0.2) is 18.5 Å². The number of fused-ring (bicyclic) bond motifs is 1. The third-order valence-corrected chi connectivity index (χ3v) is 9.04. The maximum atomic E-state index is 13.9. The molecule has 212 valence electrons. The first-order chi connectivity index (χ1) is 18.5. The fraction of sp³-hybridized carbons (Fsp3) is 0.714. The quantitative estimate of drug-likeness (QED) is 0.412. The van der Waals surface area contributed by atoms with E-state index in [0.717, 1.165) is 19.3 Å². The lowest BCUT2D eigenvalue weighted by Crippen LogP contribution is -2.39. The molecule has 2 heterocycles. The molecule has 0 aromatic carbocycles. The van der Waals surface area contributed by atoms with E-state index in [0.29, 0.717) is 35.9 Å². The SMILES string of the molecule is C[C@H]1C[C@@H]1C(=O)N[C@H](c1cn2ccc([C@H](NC(=O)CC3CC(F)(F)C3)C3CC3)nc2n1)C1CCC(F)(F)CC1. The molecule has 0 radical (unpaired) electrons. The van der Waals surface area contributed by atoms with Crippen molar-refractivity contribution >= 4 is 17.6 Å². The predicted molar refractivity (Wildman–Crippen MR) is 134 cm³/mol. The van der Waals surface area contributed by atoms with Crippen molar-refractivity contribution in [3.63, 3.8) is 0 Å². The number of alkyl halides is 4. The second-order valence-corrected chi connectivity index (χ2v) is 12.4. The number of hydrogen-bond donors (Lipinski definition) is 2. The molecule has 0 spiro atoms. The molecule has 0 bridgehead atoms. The highest BCUT2D eigenvalue weighted by Crippen LogP contribution is 2.46. The van der Waals surface area contributed by atoms with Crippen molar-refractivity contribution in [3.8, 4) is 0 Å². The number of nitrogens with zero attached hydrogens (tertiary/aromatic N) is 3. The van der Waals surface area contributed by atoms with Crippen molar-refractivity contribution in [1.82, 2.24) is 25.0 Å². The number of imidazole rings is 1. The minimum absolute atomic E-state index is 0.0478. The largest absolute Gasteiger partial charge is 0.347 e. The topological polar surface area (TPSA) is 88.4 Å². The number of carbonyl (C=O) groups is 2. The van der Waals surface area contributed by atoms with Gasteiger partial charge in [-0.1, -0.05) is 6.92 Å². The van der Waals surface area contributed by atoms with Gasteiger partial charge in [-0.15, -0.1) is 0 Å². The van der Waals surface area contributed by atoms with E-state index in [1.807, 2.05) is 13.0 Å². The number of carbonyl (C=O) groups excluding carboxylic acids is 2. The third-order valence-electron chi connectivity index (χ3n) is 9.04. The molecule has 11 heteroatoms. The third kappa shape index (κ3) is 5.91. The number of halogens is 4. The molecule has 4 aliphatic carbocycles. The molecular weight excluding hydrogens is 514 g/mol. The molecule has 0 unspecified atom stereocenters. The molecule has 2 N–H and O–H groups in total. The first-order valence-corrected chi connectivity index (χ1v) is 14.2. The first kappa shape index (κ1) is 26.5. The van der Waals surface area contributed by atoms with Gasteiger partial charge in [-0.2, -0.15) is 0 Å². The molecule has 2 aromatic rings. The van der Waals surface area contributed by atoms with E-state index in [2.05, 4.69) is 10.6 Å². The molecule has 2 aromatic heterocycles. The Hall–Kier alpha value is -2.72. The summed E-state index contributed by atoms with van der Waals surface area (Å²) in [6.45, 7) is 2.02. The minimum Gasteiger partial charge on any atom is -0.347 e. The summed E-state index contributed by atoms with van der Waals surface area (Å²) in [5, 5.41) is 6.13. The van der Waals surface area contributed by atoms with Crippen LogP contribution < -0.4 is 10.6 Å². The van der Waals surface area contributed by atoms with Gasteiger partial charge in [0.15, 0.2) is 0 Å². The van der Waals surface area contributed by atoms with Crippen LogP contribution in [-0.2, 0) is 9.59 Å². The summed E-state index contributed by atoms with van der Waals surface area (Å²) >= 11 is 0. The summed E-state index contributed by atoms with van der Waals surface area (Å²) in [6.07, 6.45) is 6.09. The number of nitrogens with one attached hydrogen (secondary N) is 2. The van der Waals surface area contributed by atoms with Gasteiger partial charge in [-0.25, -0.2) is 27.5 Å². The standard InChI is InChI=1S/C28H35F4N5O2/c1-15-10-19(15)25(39)36-24(18-4-7-27(29,30)8-5-18)21-14-37-9-6-20(33-26(37)34-21)23(17-2-3-17)35-22(38)11-16-12-28(31,32)13-16/h6,9,14-19,23-24H,2-5,7-8,10-13H2,1H3,(H,35,38)(H,36,39)/t15-,19-,23+,24-/m0/s1. The average Bonchev–Trinajstić information content (AvgIpc) is 3.77. The smallest absolute Gasteiger partial charge is 0.248 e. The van der Waals surface area contributed by atoms with Crippen LogP contribution in [0.5, 0.6) is 0 Å². The Labute approximate surface area is 224 Å². The van der Waals surface area contributed by atoms with E-state index in [4.69, 9.17) is 9.97 Å². The molecule has 4 aliphatic rings. The van der Waals surface area contributed by atoms with Gasteiger partial charge in [0.05, 0.1) is 23.5 Å². The van der Waals surface area contributed by atoms with Crippen molar-refractivity contribution in [3.05, 3.63) is 29.8 Å². The average molecular weight is 550 g/mol. The Morgan fingerprint density at radius 3 is 2.21 bits per heavy atom. The van der Waals surface area contributed by atoms with Gasteiger partial charge in [0, 0.05) is 50.4 Å². The van der Waals surface area contributed by atoms with Crippen LogP contribution in [-0.4, -0.2) is 38.0 Å². The van der Waals surface area contributed by atoms with Crippen molar-refractivity contribution in [2.75, 3.05) is 0 Å². The zero-order valence-corrected chi connectivity index (χ0v) is 22.0. The molecule has 4 atom stereocenters. The number of rotatable bonds is 9. The van der Waals surface area contributed by atoms with E-state index >= 15 is 0 Å². The minimum atomic E-state index is -2.67. The van der Waals surface area contributed by atoms with Crippen molar-refractivity contribution in [2.45, 2.75) is 95.1 Å². The highest BCUT2D eigenvalue weighted by molar-refractivity contribution is 5.81. The summed E-state index contributed by atoms with van der Waals surface area (Å²) in [5.74, 6) is -5.17. The van der Waals surface area contributed by atoms with Crippen molar-refractivity contribution in [1.29, 1.82) is 0 Å². The van der Waals surface area contributed by atoms with Crippen LogP contribution in [0.25, 0.3) is 5.78 Å². The lowest BCUT2D eigenvalue weighted by atomic mass is 9.79. The van der Waals surface area contributed by atoms with Crippen LogP contribution in [0.3, 0.4) is 0 Å². The number of hydrogen-bond acceptors (Lipinski definition) is 4. The zero-order chi connectivity index (χ0) is 27.5. The fourth-order valence-electron chi connectivity index (χ4n) is 6.29. The van der Waals surface area contributed by atoms with Gasteiger partial charge < -0.3 is 10.6 Å². The maximum absolute atomic E-state index is 13.9. The second-order valence-electron chi connectivity index (χ2n) is 12.4. The molecular formula is C28H35F4N5O2. The van der Waals surface area contributed by atoms with Crippen LogP contribution >= 0.6 is 0 Å². The molecule has 4 saturated carbocycles. The molecule has 0 aliphatic heterocycles. The molecule has 2 amide bonds. The Morgan fingerprint density at radius 1 is 0.974 bits per heavy atom. The van der Waals surface area contributed by atoms with Crippen LogP contribution in [0, 0.1) is 29.6 Å². The molecule has 6 rings (SSSR count).